The number of hydrogen-bond acceptors (Lipinski definition) is 2. The molecule has 1 aliphatic rings. The standard InChI is InChI=1S/C12H16N2O/c1-12(2)10(13)9(14-11(12)15)8-6-4-3-5-7-8/h3-7,9-10H,13H2,1-2H3,(H,14,15)/t9-,10-/m1/s1. The number of amides is 1. The summed E-state index contributed by atoms with van der Waals surface area (Å²) < 4.78 is 0. The maximum atomic E-state index is 11.7. The Morgan fingerprint density at radius 2 is 1.87 bits per heavy atom. The molecule has 0 aromatic heterocycles. The normalized spacial score (nSPS) is 28.9. The van der Waals surface area contributed by atoms with Crippen molar-refractivity contribution >= 4 is 5.91 Å². The van der Waals surface area contributed by atoms with Crippen LogP contribution in [0.4, 0.5) is 0 Å². The Kier molecular flexibility index (Phi) is 2.27. The zero-order chi connectivity index (χ0) is 11.1. The average molecular weight is 204 g/mol. The van der Waals surface area contributed by atoms with E-state index < -0.39 is 5.41 Å². The summed E-state index contributed by atoms with van der Waals surface area (Å²) >= 11 is 0. The molecule has 80 valence electrons. The van der Waals surface area contributed by atoms with Gasteiger partial charge in [0.05, 0.1) is 11.5 Å². The fourth-order valence-corrected chi connectivity index (χ4v) is 1.94. The average Bonchev–Trinajstić information content (AvgIpc) is 2.44. The summed E-state index contributed by atoms with van der Waals surface area (Å²) in [5, 5.41) is 2.95. The molecule has 0 spiro atoms. The van der Waals surface area contributed by atoms with E-state index >= 15 is 0 Å². The van der Waals surface area contributed by atoms with Gasteiger partial charge in [-0.05, 0) is 19.4 Å². The molecule has 1 aromatic rings. The van der Waals surface area contributed by atoms with Crippen molar-refractivity contribution < 1.29 is 4.79 Å². The van der Waals surface area contributed by atoms with E-state index in [0.717, 1.165) is 5.56 Å². The molecule has 1 saturated heterocycles. The first-order valence-corrected chi connectivity index (χ1v) is 5.15. The number of carbonyl (C=O) groups excluding carboxylic acids is 1. The molecule has 3 heteroatoms. The molecule has 0 bridgehead atoms. The van der Waals surface area contributed by atoms with Crippen molar-refractivity contribution in [2.75, 3.05) is 0 Å². The minimum atomic E-state index is -0.486. The van der Waals surface area contributed by atoms with E-state index in [1.54, 1.807) is 0 Å². The fraction of sp³-hybridized carbons (Fsp3) is 0.417. The van der Waals surface area contributed by atoms with Crippen molar-refractivity contribution in [1.82, 2.24) is 5.32 Å². The monoisotopic (exact) mass is 204 g/mol. The molecule has 3 N–H and O–H groups in total. The smallest absolute Gasteiger partial charge is 0.227 e. The predicted molar refractivity (Wildman–Crippen MR) is 59.1 cm³/mol. The number of nitrogens with one attached hydrogen (secondary N) is 1. The summed E-state index contributed by atoms with van der Waals surface area (Å²) in [7, 11) is 0. The molecule has 3 nitrogen and oxygen atoms in total. The number of benzene rings is 1. The maximum Gasteiger partial charge on any atom is 0.227 e. The summed E-state index contributed by atoms with van der Waals surface area (Å²) in [5.74, 6) is 0.0313. The highest BCUT2D eigenvalue weighted by Crippen LogP contribution is 2.35. The van der Waals surface area contributed by atoms with Gasteiger partial charge >= 0.3 is 0 Å². The summed E-state index contributed by atoms with van der Waals surface area (Å²) in [4.78, 5) is 11.7. The van der Waals surface area contributed by atoms with Gasteiger partial charge in [-0.1, -0.05) is 30.3 Å². The second-order valence-corrected chi connectivity index (χ2v) is 4.61. The lowest BCUT2D eigenvalue weighted by Crippen LogP contribution is -2.38. The third-order valence-corrected chi connectivity index (χ3v) is 3.22. The first kappa shape index (κ1) is 10.2. The number of nitrogens with two attached hydrogens (primary N) is 1. The SMILES string of the molecule is CC1(C)C(=O)N[C@H](c2ccccc2)[C@H]1N. The van der Waals surface area contributed by atoms with Gasteiger partial charge in [0.1, 0.15) is 0 Å². The lowest BCUT2D eigenvalue weighted by atomic mass is 9.83. The molecule has 0 saturated carbocycles. The molecule has 2 atom stereocenters. The van der Waals surface area contributed by atoms with Crippen LogP contribution in [0.2, 0.25) is 0 Å². The highest BCUT2D eigenvalue weighted by Gasteiger charge is 2.46. The number of rotatable bonds is 1. The molecule has 1 amide bonds. The van der Waals surface area contributed by atoms with Gasteiger partial charge in [0.15, 0.2) is 0 Å². The number of hydrogen-bond donors (Lipinski definition) is 2. The minimum Gasteiger partial charge on any atom is -0.347 e. The fourth-order valence-electron chi connectivity index (χ4n) is 1.94. The molecule has 1 aromatic carbocycles. The van der Waals surface area contributed by atoms with E-state index in [9.17, 15) is 4.79 Å². The Bertz CT molecular complexity index is 372. The van der Waals surface area contributed by atoms with Crippen molar-refractivity contribution in [3.63, 3.8) is 0 Å². The largest absolute Gasteiger partial charge is 0.347 e. The van der Waals surface area contributed by atoms with Crippen molar-refractivity contribution in [3.05, 3.63) is 35.9 Å². The highest BCUT2D eigenvalue weighted by molar-refractivity contribution is 5.86. The Balaban J connectivity index is 2.32. The summed E-state index contributed by atoms with van der Waals surface area (Å²) in [6.45, 7) is 3.77. The second-order valence-electron chi connectivity index (χ2n) is 4.61. The van der Waals surface area contributed by atoms with E-state index in [0.29, 0.717) is 0 Å². The van der Waals surface area contributed by atoms with E-state index in [2.05, 4.69) is 5.32 Å². The second kappa shape index (κ2) is 3.35. The molecule has 1 aliphatic heterocycles. The lowest BCUT2D eigenvalue weighted by Gasteiger charge is -2.23. The molecular formula is C12H16N2O. The molecular weight excluding hydrogens is 188 g/mol. The highest BCUT2D eigenvalue weighted by atomic mass is 16.2. The van der Waals surface area contributed by atoms with Crippen LogP contribution >= 0.6 is 0 Å². The molecule has 2 rings (SSSR count). The van der Waals surface area contributed by atoms with Gasteiger partial charge in [0.2, 0.25) is 5.91 Å². The van der Waals surface area contributed by atoms with Crippen molar-refractivity contribution in [1.29, 1.82) is 0 Å². The Labute approximate surface area is 89.7 Å². The minimum absolute atomic E-state index is 0.0313. The van der Waals surface area contributed by atoms with Crippen LogP contribution in [0.3, 0.4) is 0 Å². The van der Waals surface area contributed by atoms with E-state index in [-0.39, 0.29) is 18.0 Å². The van der Waals surface area contributed by atoms with Crippen LogP contribution in [0.25, 0.3) is 0 Å². The van der Waals surface area contributed by atoms with Gasteiger partial charge in [0.25, 0.3) is 0 Å². The third-order valence-electron chi connectivity index (χ3n) is 3.22. The van der Waals surface area contributed by atoms with Gasteiger partial charge in [-0.2, -0.15) is 0 Å². The van der Waals surface area contributed by atoms with Crippen LogP contribution in [0.5, 0.6) is 0 Å². The first-order chi connectivity index (χ1) is 7.03. The van der Waals surface area contributed by atoms with Crippen molar-refractivity contribution in [2.45, 2.75) is 25.9 Å². The van der Waals surface area contributed by atoms with Gasteiger partial charge in [-0.25, -0.2) is 0 Å². The van der Waals surface area contributed by atoms with E-state index in [1.807, 2.05) is 44.2 Å². The Hall–Kier alpha value is -1.35. The lowest BCUT2D eigenvalue weighted by molar-refractivity contribution is -0.126. The zero-order valence-electron chi connectivity index (χ0n) is 9.03. The van der Waals surface area contributed by atoms with Gasteiger partial charge in [-0.3, -0.25) is 4.79 Å². The zero-order valence-corrected chi connectivity index (χ0v) is 9.03. The topological polar surface area (TPSA) is 55.1 Å². The Morgan fingerprint density at radius 3 is 2.33 bits per heavy atom. The Morgan fingerprint density at radius 1 is 1.27 bits per heavy atom. The molecule has 1 fully saturated rings. The van der Waals surface area contributed by atoms with Crippen LogP contribution in [0, 0.1) is 5.41 Å². The first-order valence-electron chi connectivity index (χ1n) is 5.15. The van der Waals surface area contributed by atoms with Crippen LogP contribution in [-0.4, -0.2) is 11.9 Å². The summed E-state index contributed by atoms with van der Waals surface area (Å²) in [6, 6.07) is 9.62. The maximum absolute atomic E-state index is 11.7. The van der Waals surface area contributed by atoms with Crippen LogP contribution < -0.4 is 11.1 Å². The quantitative estimate of drug-likeness (QED) is 0.722. The van der Waals surface area contributed by atoms with Crippen LogP contribution in [0.1, 0.15) is 25.5 Å². The van der Waals surface area contributed by atoms with Gasteiger partial charge < -0.3 is 11.1 Å². The molecule has 0 aliphatic carbocycles. The van der Waals surface area contributed by atoms with Crippen molar-refractivity contribution in [2.24, 2.45) is 11.1 Å². The van der Waals surface area contributed by atoms with E-state index in [1.165, 1.54) is 0 Å². The molecule has 0 radical (unpaired) electrons. The van der Waals surface area contributed by atoms with Gasteiger partial charge in [-0.15, -0.1) is 0 Å². The molecule has 0 unspecified atom stereocenters. The summed E-state index contributed by atoms with van der Waals surface area (Å²) in [6.07, 6.45) is 0. The third kappa shape index (κ3) is 1.53. The molecule has 15 heavy (non-hydrogen) atoms. The predicted octanol–water partition coefficient (Wildman–Crippen LogP) is 1.21. The van der Waals surface area contributed by atoms with Crippen LogP contribution in [0.15, 0.2) is 30.3 Å². The summed E-state index contributed by atoms with van der Waals surface area (Å²) in [5.41, 5.74) is 6.68. The molecule has 1 heterocycles. The van der Waals surface area contributed by atoms with Crippen molar-refractivity contribution in [3.8, 4) is 0 Å². The number of carbonyl (C=O) groups is 1. The van der Waals surface area contributed by atoms with E-state index in [4.69, 9.17) is 5.73 Å². The van der Waals surface area contributed by atoms with Crippen LogP contribution in [-0.2, 0) is 4.79 Å². The van der Waals surface area contributed by atoms with Gasteiger partial charge in [0, 0.05) is 6.04 Å².